The van der Waals surface area contributed by atoms with E-state index in [0.717, 1.165) is 34.1 Å². The number of hydrogen-bond acceptors (Lipinski definition) is 4. The molecule has 2 heterocycles. The second-order valence-electron chi connectivity index (χ2n) is 6.14. The summed E-state index contributed by atoms with van der Waals surface area (Å²) in [6, 6.07) is 0. The average molecular weight is 322 g/mol. The Hall–Kier alpha value is -0.810. The molecule has 0 radical (unpaired) electrons. The molecule has 21 heavy (non-hydrogen) atoms. The zero-order valence-corrected chi connectivity index (χ0v) is 14.7. The predicted octanol–water partition coefficient (Wildman–Crippen LogP) is 4.10. The number of hydrogen-bond donors (Lipinski definition) is 0. The van der Waals surface area contributed by atoms with Crippen LogP contribution in [0.15, 0.2) is 9.95 Å². The van der Waals surface area contributed by atoms with Crippen LogP contribution in [0.5, 0.6) is 0 Å². The van der Waals surface area contributed by atoms with Gasteiger partial charge in [-0.3, -0.25) is 9.36 Å². The third-order valence-electron chi connectivity index (χ3n) is 4.04. The Morgan fingerprint density at radius 1 is 1.48 bits per heavy atom. The summed E-state index contributed by atoms with van der Waals surface area (Å²) < 4.78 is 1.85. The topological polar surface area (TPSA) is 34.9 Å². The minimum atomic E-state index is 0.165. The number of rotatable bonds is 3. The Morgan fingerprint density at radius 3 is 2.90 bits per heavy atom. The van der Waals surface area contributed by atoms with E-state index in [9.17, 15) is 4.79 Å². The molecule has 0 saturated heterocycles. The fourth-order valence-electron chi connectivity index (χ4n) is 2.98. The molecule has 0 bridgehead atoms. The fourth-order valence-corrected chi connectivity index (χ4v) is 5.32. The molecule has 3 rings (SSSR count). The largest absolute Gasteiger partial charge is 0.287 e. The molecular formula is C16H22N2OS2. The van der Waals surface area contributed by atoms with E-state index in [4.69, 9.17) is 4.98 Å². The van der Waals surface area contributed by atoms with Crippen molar-refractivity contribution in [2.45, 2.75) is 63.9 Å². The molecule has 0 aliphatic heterocycles. The summed E-state index contributed by atoms with van der Waals surface area (Å²) in [5.74, 6) is 0.725. The summed E-state index contributed by atoms with van der Waals surface area (Å²) >= 11 is 3.42. The smallest absolute Gasteiger partial charge is 0.263 e. The Kier molecular flexibility index (Phi) is 4.14. The van der Waals surface area contributed by atoms with Gasteiger partial charge in [0.15, 0.2) is 5.16 Å². The standard InChI is InChI=1S/C16H22N2OS2/c1-5-18-15(19)13-11-7-6-10(4)8-12(11)21-14(13)17-16(18)20-9(2)3/h9-10H,5-8H2,1-4H3. The van der Waals surface area contributed by atoms with Crippen LogP contribution in [0.1, 0.15) is 44.6 Å². The SMILES string of the molecule is CCn1c(SC(C)C)nc2sc3c(c2c1=O)CCC(C)C3. The first kappa shape index (κ1) is 15.1. The van der Waals surface area contributed by atoms with Crippen molar-refractivity contribution in [1.29, 1.82) is 0 Å². The fraction of sp³-hybridized carbons (Fsp3) is 0.625. The first-order chi connectivity index (χ1) is 10.0. The van der Waals surface area contributed by atoms with Gasteiger partial charge in [0.05, 0.1) is 5.39 Å². The third kappa shape index (κ3) is 2.66. The maximum atomic E-state index is 12.9. The molecule has 2 aromatic heterocycles. The third-order valence-corrected chi connectivity index (χ3v) is 6.18. The molecule has 114 valence electrons. The normalized spacial score (nSPS) is 18.4. The van der Waals surface area contributed by atoms with Crippen LogP contribution in [0.25, 0.3) is 10.2 Å². The molecule has 1 unspecified atom stereocenters. The molecule has 0 fully saturated rings. The molecule has 3 nitrogen and oxygen atoms in total. The van der Waals surface area contributed by atoms with Crippen molar-refractivity contribution in [1.82, 2.24) is 9.55 Å². The molecule has 1 aliphatic rings. The minimum absolute atomic E-state index is 0.165. The molecule has 0 amide bonds. The highest BCUT2D eigenvalue weighted by atomic mass is 32.2. The molecule has 0 spiro atoms. The summed E-state index contributed by atoms with van der Waals surface area (Å²) in [5, 5.41) is 2.20. The lowest BCUT2D eigenvalue weighted by atomic mass is 9.89. The Morgan fingerprint density at radius 2 is 2.24 bits per heavy atom. The van der Waals surface area contributed by atoms with Crippen LogP contribution in [0.3, 0.4) is 0 Å². The zero-order chi connectivity index (χ0) is 15.1. The number of aryl methyl sites for hydroxylation is 1. The Balaban J connectivity index is 2.23. The van der Waals surface area contributed by atoms with Crippen molar-refractivity contribution in [2.75, 3.05) is 0 Å². The number of nitrogens with zero attached hydrogens (tertiary/aromatic N) is 2. The summed E-state index contributed by atoms with van der Waals surface area (Å²) in [5.41, 5.74) is 1.45. The first-order valence-electron chi connectivity index (χ1n) is 7.73. The summed E-state index contributed by atoms with van der Waals surface area (Å²) in [6.07, 6.45) is 3.33. The van der Waals surface area contributed by atoms with E-state index in [0.29, 0.717) is 11.8 Å². The van der Waals surface area contributed by atoms with Gasteiger partial charge in [0.1, 0.15) is 4.83 Å². The molecular weight excluding hydrogens is 300 g/mol. The van der Waals surface area contributed by atoms with Crippen molar-refractivity contribution in [3.8, 4) is 0 Å². The van der Waals surface area contributed by atoms with Crippen LogP contribution in [-0.4, -0.2) is 14.8 Å². The number of thiophene rings is 1. The van der Waals surface area contributed by atoms with E-state index in [1.807, 2.05) is 11.5 Å². The van der Waals surface area contributed by atoms with Gasteiger partial charge in [-0.05, 0) is 37.7 Å². The van der Waals surface area contributed by atoms with E-state index in [-0.39, 0.29) is 5.56 Å². The van der Waals surface area contributed by atoms with Gasteiger partial charge >= 0.3 is 0 Å². The monoisotopic (exact) mass is 322 g/mol. The van der Waals surface area contributed by atoms with Crippen molar-refractivity contribution < 1.29 is 0 Å². The summed E-state index contributed by atoms with van der Waals surface area (Å²) in [4.78, 5) is 20.1. The van der Waals surface area contributed by atoms with Gasteiger partial charge in [-0.1, -0.05) is 32.5 Å². The van der Waals surface area contributed by atoms with Crippen molar-refractivity contribution in [2.24, 2.45) is 5.92 Å². The van der Waals surface area contributed by atoms with Gasteiger partial charge in [0.25, 0.3) is 5.56 Å². The second-order valence-corrected chi connectivity index (χ2v) is 8.77. The summed E-state index contributed by atoms with van der Waals surface area (Å²) in [7, 11) is 0. The van der Waals surface area contributed by atoms with Gasteiger partial charge in [-0.25, -0.2) is 4.98 Å². The average Bonchev–Trinajstić information content (AvgIpc) is 2.75. The molecule has 1 aliphatic carbocycles. The quantitative estimate of drug-likeness (QED) is 0.630. The molecule has 5 heteroatoms. The molecule has 1 atom stereocenters. The molecule has 0 aromatic carbocycles. The van der Waals surface area contributed by atoms with Crippen LogP contribution < -0.4 is 5.56 Å². The first-order valence-corrected chi connectivity index (χ1v) is 9.42. The number of aromatic nitrogens is 2. The maximum absolute atomic E-state index is 12.9. The lowest BCUT2D eigenvalue weighted by Gasteiger charge is -2.17. The molecule has 2 aromatic rings. The van der Waals surface area contributed by atoms with Crippen molar-refractivity contribution >= 4 is 33.3 Å². The van der Waals surface area contributed by atoms with E-state index < -0.39 is 0 Å². The highest BCUT2D eigenvalue weighted by molar-refractivity contribution is 7.99. The number of thioether (sulfide) groups is 1. The molecule has 0 N–H and O–H groups in total. The van der Waals surface area contributed by atoms with E-state index in [2.05, 4.69) is 20.8 Å². The van der Waals surface area contributed by atoms with Gasteiger partial charge in [0.2, 0.25) is 0 Å². The zero-order valence-electron chi connectivity index (χ0n) is 13.1. The van der Waals surface area contributed by atoms with E-state index in [1.54, 1.807) is 23.1 Å². The van der Waals surface area contributed by atoms with Gasteiger partial charge in [-0.2, -0.15) is 0 Å². The maximum Gasteiger partial charge on any atom is 0.263 e. The Bertz CT molecular complexity index is 730. The van der Waals surface area contributed by atoms with E-state index >= 15 is 0 Å². The van der Waals surface area contributed by atoms with Crippen molar-refractivity contribution in [3.63, 3.8) is 0 Å². The van der Waals surface area contributed by atoms with Crippen molar-refractivity contribution in [3.05, 3.63) is 20.8 Å². The van der Waals surface area contributed by atoms with Gasteiger partial charge in [-0.15, -0.1) is 11.3 Å². The highest BCUT2D eigenvalue weighted by Crippen LogP contribution is 2.36. The van der Waals surface area contributed by atoms with Crippen LogP contribution in [0.2, 0.25) is 0 Å². The van der Waals surface area contributed by atoms with Gasteiger partial charge < -0.3 is 0 Å². The summed E-state index contributed by atoms with van der Waals surface area (Å²) in [6.45, 7) is 9.30. The Labute approximate surface area is 133 Å². The molecule has 0 saturated carbocycles. The second kappa shape index (κ2) is 5.76. The number of fused-ring (bicyclic) bond motifs is 3. The lowest BCUT2D eigenvalue weighted by Crippen LogP contribution is -2.23. The minimum Gasteiger partial charge on any atom is -0.287 e. The highest BCUT2D eigenvalue weighted by Gasteiger charge is 2.24. The van der Waals surface area contributed by atoms with Crippen LogP contribution in [0.4, 0.5) is 0 Å². The van der Waals surface area contributed by atoms with Crippen LogP contribution >= 0.6 is 23.1 Å². The van der Waals surface area contributed by atoms with E-state index in [1.165, 1.54) is 16.9 Å². The van der Waals surface area contributed by atoms with Gasteiger partial charge in [0, 0.05) is 16.7 Å². The van der Waals surface area contributed by atoms with Crippen LogP contribution in [0, 0.1) is 5.92 Å². The lowest BCUT2D eigenvalue weighted by molar-refractivity contribution is 0.509. The van der Waals surface area contributed by atoms with Crippen LogP contribution in [-0.2, 0) is 19.4 Å². The predicted molar refractivity (Wildman–Crippen MR) is 91.7 cm³/mol.